The van der Waals surface area contributed by atoms with E-state index in [9.17, 15) is 22.8 Å². The van der Waals surface area contributed by atoms with Gasteiger partial charge in [0.05, 0.1) is 0 Å². The zero-order chi connectivity index (χ0) is 18.9. The molecule has 3 rings (SSSR count). The molecule has 0 fully saturated rings. The highest BCUT2D eigenvalue weighted by Gasteiger charge is 2.31. The van der Waals surface area contributed by atoms with Crippen molar-refractivity contribution in [3.63, 3.8) is 0 Å². The van der Waals surface area contributed by atoms with Crippen LogP contribution < -0.4 is 20.7 Å². The van der Waals surface area contributed by atoms with Crippen molar-refractivity contribution in [1.29, 1.82) is 0 Å². The molecule has 3 aromatic rings. The van der Waals surface area contributed by atoms with Gasteiger partial charge in [0.15, 0.2) is 11.2 Å². The fourth-order valence-corrected chi connectivity index (χ4v) is 2.31. The average Bonchev–Trinajstić information content (AvgIpc) is 2.92. The summed E-state index contributed by atoms with van der Waals surface area (Å²) in [5, 5.41) is 0. The second-order valence-corrected chi connectivity index (χ2v) is 5.28. The Labute approximate surface area is 143 Å². The number of nitrogens with one attached hydrogen (secondary N) is 2. The average molecular weight is 370 g/mol. The van der Waals surface area contributed by atoms with Gasteiger partial charge in [-0.05, 0) is 18.6 Å². The van der Waals surface area contributed by atoms with E-state index in [1.165, 1.54) is 12.1 Å². The summed E-state index contributed by atoms with van der Waals surface area (Å²) in [6.07, 6.45) is -4.25. The van der Waals surface area contributed by atoms with Gasteiger partial charge in [0.1, 0.15) is 11.5 Å². The molecule has 0 aliphatic carbocycles. The Hall–Kier alpha value is -3.24. The van der Waals surface area contributed by atoms with E-state index in [0.717, 1.165) is 16.7 Å². The first-order valence-electron chi connectivity index (χ1n) is 7.53. The Morgan fingerprint density at radius 3 is 2.62 bits per heavy atom. The second kappa shape index (κ2) is 6.58. The maximum atomic E-state index is 12.3. The molecule has 138 valence electrons. The summed E-state index contributed by atoms with van der Waals surface area (Å²) in [6.45, 7) is 2.05. The molecule has 8 nitrogen and oxygen atoms in total. The van der Waals surface area contributed by atoms with Crippen molar-refractivity contribution in [1.82, 2.24) is 19.5 Å². The van der Waals surface area contributed by atoms with Crippen LogP contribution in [0.5, 0.6) is 17.5 Å². The van der Waals surface area contributed by atoms with Crippen LogP contribution in [0.2, 0.25) is 0 Å². The molecular weight excluding hydrogens is 357 g/mol. The van der Waals surface area contributed by atoms with Gasteiger partial charge < -0.3 is 14.5 Å². The molecule has 0 bridgehead atoms. The van der Waals surface area contributed by atoms with Crippen LogP contribution in [-0.4, -0.2) is 25.9 Å². The van der Waals surface area contributed by atoms with E-state index < -0.39 is 23.4 Å². The van der Waals surface area contributed by atoms with Crippen molar-refractivity contribution in [2.45, 2.75) is 26.3 Å². The Morgan fingerprint density at radius 2 is 1.92 bits per heavy atom. The van der Waals surface area contributed by atoms with E-state index in [1.807, 2.05) is 6.92 Å². The predicted octanol–water partition coefficient (Wildman–Crippen LogP) is 2.51. The number of benzene rings is 1. The lowest BCUT2D eigenvalue weighted by Crippen LogP contribution is -2.34. The molecule has 0 saturated heterocycles. The first-order chi connectivity index (χ1) is 12.3. The predicted molar refractivity (Wildman–Crippen MR) is 84.5 cm³/mol. The smallest absolute Gasteiger partial charge is 0.425 e. The van der Waals surface area contributed by atoms with Crippen LogP contribution in [0.25, 0.3) is 11.2 Å². The van der Waals surface area contributed by atoms with Crippen molar-refractivity contribution < 1.29 is 22.6 Å². The first-order valence-corrected chi connectivity index (χ1v) is 7.53. The monoisotopic (exact) mass is 370 g/mol. The van der Waals surface area contributed by atoms with Gasteiger partial charge in [-0.15, -0.1) is 13.2 Å². The van der Waals surface area contributed by atoms with Gasteiger partial charge in [0.25, 0.3) is 5.56 Å². The van der Waals surface area contributed by atoms with E-state index >= 15 is 0 Å². The van der Waals surface area contributed by atoms with Crippen molar-refractivity contribution in [3.8, 4) is 17.5 Å². The van der Waals surface area contributed by atoms with E-state index in [-0.39, 0.29) is 29.5 Å². The van der Waals surface area contributed by atoms with E-state index in [2.05, 4.69) is 19.7 Å². The fraction of sp³-hybridized carbons (Fsp3) is 0.267. The highest BCUT2D eigenvalue weighted by atomic mass is 19.4. The summed E-state index contributed by atoms with van der Waals surface area (Å²) in [5.74, 6) is -0.466. The van der Waals surface area contributed by atoms with Crippen molar-refractivity contribution in [3.05, 3.63) is 45.1 Å². The summed E-state index contributed by atoms with van der Waals surface area (Å²) in [7, 11) is 0. The van der Waals surface area contributed by atoms with Crippen LogP contribution in [0.1, 0.15) is 13.3 Å². The number of hydrogen-bond donors (Lipinski definition) is 2. The highest BCUT2D eigenvalue weighted by molar-refractivity contribution is 5.69. The molecule has 0 aliphatic heterocycles. The molecule has 0 radical (unpaired) electrons. The summed E-state index contributed by atoms with van der Waals surface area (Å²) in [5.41, 5.74) is -1.16. The lowest BCUT2D eigenvalue weighted by atomic mass is 10.3. The molecule has 0 aliphatic rings. The Morgan fingerprint density at radius 1 is 1.19 bits per heavy atom. The number of aromatic amines is 2. The zero-order valence-electron chi connectivity index (χ0n) is 13.4. The molecular formula is C15H13F3N4O4. The van der Waals surface area contributed by atoms with Crippen LogP contribution in [0, 0.1) is 0 Å². The number of nitrogens with zero attached hydrogens (tertiary/aromatic N) is 2. The largest absolute Gasteiger partial charge is 0.573 e. The minimum atomic E-state index is -4.83. The van der Waals surface area contributed by atoms with Gasteiger partial charge in [0.2, 0.25) is 0 Å². The number of ether oxygens (including phenoxy) is 2. The molecule has 11 heteroatoms. The first kappa shape index (κ1) is 17.6. The quantitative estimate of drug-likeness (QED) is 0.719. The van der Waals surface area contributed by atoms with Crippen LogP contribution in [0.15, 0.2) is 33.9 Å². The maximum Gasteiger partial charge on any atom is 0.573 e. The molecule has 2 aromatic heterocycles. The van der Waals surface area contributed by atoms with Crippen LogP contribution >= 0.6 is 0 Å². The Kier molecular flexibility index (Phi) is 4.45. The topological polar surface area (TPSA) is 102 Å². The number of H-pyrrole nitrogens is 2. The zero-order valence-corrected chi connectivity index (χ0v) is 13.4. The minimum absolute atomic E-state index is 0.00189. The van der Waals surface area contributed by atoms with Crippen molar-refractivity contribution in [2.75, 3.05) is 0 Å². The van der Waals surface area contributed by atoms with Gasteiger partial charge in [-0.1, -0.05) is 13.0 Å². The van der Waals surface area contributed by atoms with Crippen LogP contribution in [0.3, 0.4) is 0 Å². The van der Waals surface area contributed by atoms with E-state index in [1.54, 1.807) is 0 Å². The lowest BCUT2D eigenvalue weighted by molar-refractivity contribution is -0.274. The molecule has 2 N–H and O–H groups in total. The van der Waals surface area contributed by atoms with E-state index in [0.29, 0.717) is 6.42 Å². The molecule has 2 heterocycles. The summed E-state index contributed by atoms with van der Waals surface area (Å²) in [6, 6.07) is 4.65. The third-order valence-corrected chi connectivity index (χ3v) is 3.31. The van der Waals surface area contributed by atoms with Crippen molar-refractivity contribution in [2.24, 2.45) is 0 Å². The number of halogens is 3. The van der Waals surface area contributed by atoms with Gasteiger partial charge in [-0.25, -0.2) is 4.79 Å². The third kappa shape index (κ3) is 3.71. The van der Waals surface area contributed by atoms with Crippen LogP contribution in [0.4, 0.5) is 13.2 Å². The molecule has 0 saturated carbocycles. The highest BCUT2D eigenvalue weighted by Crippen LogP contribution is 2.28. The van der Waals surface area contributed by atoms with Gasteiger partial charge in [-0.3, -0.25) is 14.3 Å². The number of rotatable bonds is 5. The fourth-order valence-electron chi connectivity index (χ4n) is 2.31. The van der Waals surface area contributed by atoms with Gasteiger partial charge >= 0.3 is 18.1 Å². The Balaban J connectivity index is 1.93. The standard InChI is InChI=1S/C15H13F3N4O4/c1-2-6-22-12(23)10-11(21-14(22)24)20-13(19-10)25-8-4-3-5-9(7-8)26-15(16,17)18/h3-5,7H,2,6H2,1H3,(H,19,20)(H,21,24). The molecule has 0 atom stereocenters. The summed E-state index contributed by atoms with van der Waals surface area (Å²) in [4.78, 5) is 33.1. The molecule has 0 spiro atoms. The normalized spacial score (nSPS) is 11.7. The number of aromatic nitrogens is 4. The minimum Gasteiger partial charge on any atom is -0.425 e. The molecule has 26 heavy (non-hydrogen) atoms. The van der Waals surface area contributed by atoms with Crippen molar-refractivity contribution >= 4 is 11.2 Å². The summed E-state index contributed by atoms with van der Waals surface area (Å²) >= 11 is 0. The van der Waals surface area contributed by atoms with Gasteiger partial charge in [0, 0.05) is 12.6 Å². The number of fused-ring (bicyclic) bond motifs is 1. The number of alkyl halides is 3. The van der Waals surface area contributed by atoms with Gasteiger partial charge in [-0.2, -0.15) is 4.98 Å². The lowest BCUT2D eigenvalue weighted by Gasteiger charge is -2.09. The number of hydrogen-bond acceptors (Lipinski definition) is 5. The van der Waals surface area contributed by atoms with E-state index in [4.69, 9.17) is 4.74 Å². The molecule has 0 amide bonds. The number of imidazole rings is 1. The molecule has 1 aromatic carbocycles. The summed E-state index contributed by atoms with van der Waals surface area (Å²) < 4.78 is 47.0. The molecule has 0 unspecified atom stereocenters. The SMILES string of the molecule is CCCn1c(=O)[nH]c2nc(Oc3cccc(OC(F)(F)F)c3)[nH]c2c1=O. The third-order valence-electron chi connectivity index (χ3n) is 3.31. The Bertz CT molecular complexity index is 1050. The van der Waals surface area contributed by atoms with Crippen LogP contribution in [-0.2, 0) is 6.54 Å². The maximum absolute atomic E-state index is 12.3. The second-order valence-electron chi connectivity index (χ2n) is 5.28.